The first kappa shape index (κ1) is 34.9. The predicted octanol–water partition coefficient (Wildman–Crippen LogP) is 7.97. The van der Waals surface area contributed by atoms with Crippen molar-refractivity contribution in [3.05, 3.63) is 0 Å². The highest BCUT2D eigenvalue weighted by Gasteiger charge is 2.69. The Morgan fingerprint density at radius 2 is 1.06 bits per heavy atom. The summed E-state index contributed by atoms with van der Waals surface area (Å²) in [5.41, 5.74) is -1.39. The lowest BCUT2D eigenvalue weighted by Gasteiger charge is -2.61. The van der Waals surface area contributed by atoms with E-state index in [1.165, 1.54) is 20.0 Å². The van der Waals surface area contributed by atoms with Gasteiger partial charge in [0.2, 0.25) is 0 Å². The quantitative estimate of drug-likeness (QED) is 0.174. The minimum atomic E-state index is -3.75. The first-order chi connectivity index (χ1) is 22.9. The Kier molecular flexibility index (Phi) is 9.09. The summed E-state index contributed by atoms with van der Waals surface area (Å²) in [7, 11) is -2.35. The van der Waals surface area contributed by atoms with Gasteiger partial charge in [-0.25, -0.2) is 24.1 Å². The molecule has 0 N–H and O–H groups in total. The van der Waals surface area contributed by atoms with Gasteiger partial charge in [0.1, 0.15) is 22.4 Å². The molecular weight excluding hydrogens is 635 g/mol. The van der Waals surface area contributed by atoms with Crippen LogP contribution in [0, 0.1) is 47.3 Å². The van der Waals surface area contributed by atoms with Crippen molar-refractivity contribution >= 4 is 7.82 Å². The summed E-state index contributed by atoms with van der Waals surface area (Å²) in [5, 5.41) is 0. The van der Waals surface area contributed by atoms with Crippen LogP contribution in [-0.4, -0.2) is 67.1 Å². The van der Waals surface area contributed by atoms with E-state index in [0.717, 1.165) is 51.4 Å². The van der Waals surface area contributed by atoms with E-state index in [4.69, 9.17) is 42.6 Å². The molecule has 0 aromatic carbocycles. The fourth-order valence-electron chi connectivity index (χ4n) is 12.4. The van der Waals surface area contributed by atoms with Gasteiger partial charge in [0, 0.05) is 20.0 Å². The van der Waals surface area contributed by atoms with Crippen molar-refractivity contribution in [1.82, 2.24) is 0 Å². The van der Waals surface area contributed by atoms with Crippen molar-refractivity contribution in [2.45, 2.75) is 165 Å². The van der Waals surface area contributed by atoms with E-state index in [0.29, 0.717) is 48.3 Å². The molecule has 4 saturated carbocycles. The Hall–Kier alpha value is -0.130. The Balaban J connectivity index is 0.882. The van der Waals surface area contributed by atoms with Crippen LogP contribution in [0.3, 0.4) is 0 Å². The first-order valence-electron chi connectivity index (χ1n) is 19.3. The minimum absolute atomic E-state index is 0.00863. The van der Waals surface area contributed by atoms with Crippen LogP contribution < -0.4 is 0 Å². The van der Waals surface area contributed by atoms with Crippen LogP contribution in [0.5, 0.6) is 0 Å². The van der Waals surface area contributed by atoms with Crippen molar-refractivity contribution in [3.8, 4) is 0 Å². The Labute approximate surface area is 287 Å². The molecule has 2 spiro atoms. The summed E-state index contributed by atoms with van der Waals surface area (Å²) in [6, 6.07) is 0. The number of hydrogen-bond donors (Lipinski definition) is 0. The van der Waals surface area contributed by atoms with Gasteiger partial charge >= 0.3 is 7.82 Å². The lowest BCUT2D eigenvalue weighted by Crippen LogP contribution is -2.69. The van der Waals surface area contributed by atoms with E-state index in [2.05, 4.69) is 41.5 Å². The molecule has 0 radical (unpaired) electrons. The third-order valence-corrected chi connectivity index (χ3v) is 16.6. The average Bonchev–Trinajstić information content (AvgIpc) is 3.43. The second-order valence-electron chi connectivity index (χ2n) is 17.9. The van der Waals surface area contributed by atoms with Gasteiger partial charge in [-0.15, -0.1) is 0 Å². The fraction of sp³-hybridized carbons (Fsp3) is 1.00. The van der Waals surface area contributed by atoms with Crippen LogP contribution in [0.2, 0.25) is 0 Å². The molecule has 4 aliphatic carbocycles. The molecular formula is C37H61O10P. The number of fused-ring (bicyclic) bond motifs is 4. The third-order valence-electron chi connectivity index (χ3n) is 15.2. The van der Waals surface area contributed by atoms with E-state index in [-0.39, 0.29) is 71.9 Å². The second-order valence-corrected chi connectivity index (χ2v) is 19.7. The molecule has 10 rings (SSSR count). The van der Waals surface area contributed by atoms with E-state index >= 15 is 0 Å². The van der Waals surface area contributed by atoms with Crippen molar-refractivity contribution in [2.75, 3.05) is 20.3 Å². The maximum Gasteiger partial charge on any atom is 0.474 e. The maximum absolute atomic E-state index is 13.7. The number of phosphoric acid groups is 1. The number of rotatable bonds is 9. The zero-order valence-corrected chi connectivity index (χ0v) is 31.3. The standard InChI is InChI=1S/C37H61O10P/c1-22-8-10-28-24(3)30(42-32-20-34(5)16-12-26(22)36(28,32)46-44-34)14-18-40-48(38,39-7)41-19-15-31-25(4)29-11-9-23(2)27-13-17-35(6)21-33(43-31)37(27,29)47-45-35/h22-33H,8-21H2,1-7H3/t22-,23-,24-,25-,26+,27+,28+,29+,30-,31-,32-,33+,34+,35+,36-,37-,48?/m1/s1. The van der Waals surface area contributed by atoms with E-state index in [1.807, 2.05) is 0 Å². The number of hydrogen-bond acceptors (Lipinski definition) is 10. The molecule has 1 unspecified atom stereocenters. The lowest BCUT2D eigenvalue weighted by molar-refractivity contribution is -0.487. The number of ether oxygens (including phenoxy) is 2. The van der Waals surface area contributed by atoms with Gasteiger partial charge in [-0.05, 0) is 125 Å². The zero-order chi connectivity index (χ0) is 33.7. The molecule has 274 valence electrons. The molecule has 10 aliphatic rings. The molecule has 4 bridgehead atoms. The van der Waals surface area contributed by atoms with Crippen LogP contribution in [0.1, 0.15) is 119 Å². The van der Waals surface area contributed by atoms with Crippen LogP contribution >= 0.6 is 7.82 Å². The summed E-state index contributed by atoms with van der Waals surface area (Å²) in [5.74, 6) is 3.31. The fourth-order valence-corrected chi connectivity index (χ4v) is 13.4. The SMILES string of the molecule is COP(=O)(OCC[C@H]1O[C@H]2C[C@]3(C)CC[C@H]4[C@H](C)CC[C@@H]([C@H]1C)[C@@]24OO3)OCC[C@H]1O[C@@H]2C[C@]3(C)CC[C@H]4[C@H](C)CC[C@@H]([C@H]1C)[C@@]24OO3. The van der Waals surface area contributed by atoms with Crippen molar-refractivity contribution in [1.29, 1.82) is 0 Å². The molecule has 11 heteroatoms. The van der Waals surface area contributed by atoms with E-state index in [9.17, 15) is 4.57 Å². The topological polar surface area (TPSA) is 100 Å². The van der Waals surface area contributed by atoms with Gasteiger partial charge in [0.25, 0.3) is 0 Å². The highest BCUT2D eigenvalue weighted by molar-refractivity contribution is 7.48. The van der Waals surface area contributed by atoms with Gasteiger partial charge in [0.15, 0.2) is 0 Å². The highest BCUT2D eigenvalue weighted by Crippen LogP contribution is 2.63. The van der Waals surface area contributed by atoms with Crippen LogP contribution in [0.25, 0.3) is 0 Å². The molecule has 10 fully saturated rings. The van der Waals surface area contributed by atoms with Crippen molar-refractivity contribution < 1.29 is 47.2 Å². The largest absolute Gasteiger partial charge is 0.474 e. The summed E-state index contributed by atoms with van der Waals surface area (Å²) in [6.45, 7) is 14.1. The van der Waals surface area contributed by atoms with Crippen molar-refractivity contribution in [3.63, 3.8) is 0 Å². The Morgan fingerprint density at radius 1 is 0.625 bits per heavy atom. The molecule has 6 heterocycles. The summed E-state index contributed by atoms with van der Waals surface area (Å²) >= 11 is 0. The summed E-state index contributed by atoms with van der Waals surface area (Å²) in [6.07, 6.45) is 11.7. The van der Waals surface area contributed by atoms with Crippen molar-refractivity contribution in [2.24, 2.45) is 47.3 Å². The van der Waals surface area contributed by atoms with Gasteiger partial charge < -0.3 is 9.47 Å². The second kappa shape index (κ2) is 12.5. The molecule has 48 heavy (non-hydrogen) atoms. The molecule has 0 aromatic heterocycles. The summed E-state index contributed by atoms with van der Waals surface area (Å²) < 4.78 is 44.7. The maximum atomic E-state index is 13.7. The molecule has 10 nitrogen and oxygen atoms in total. The Morgan fingerprint density at radius 3 is 1.48 bits per heavy atom. The lowest BCUT2D eigenvalue weighted by atomic mass is 9.56. The molecule has 0 aromatic rings. The van der Waals surface area contributed by atoms with Crippen LogP contribution in [-0.2, 0) is 47.2 Å². The van der Waals surface area contributed by atoms with E-state index in [1.54, 1.807) is 0 Å². The molecule has 17 atom stereocenters. The molecule has 6 saturated heterocycles. The Bertz CT molecular complexity index is 1160. The number of phosphoric ester groups is 1. The van der Waals surface area contributed by atoms with Gasteiger partial charge in [-0.3, -0.25) is 13.6 Å². The smallest absolute Gasteiger partial charge is 0.371 e. The predicted molar refractivity (Wildman–Crippen MR) is 176 cm³/mol. The van der Waals surface area contributed by atoms with Gasteiger partial charge in [-0.1, -0.05) is 27.7 Å². The monoisotopic (exact) mass is 696 g/mol. The summed E-state index contributed by atoms with van der Waals surface area (Å²) in [4.78, 5) is 25.1. The van der Waals surface area contributed by atoms with Gasteiger partial charge in [-0.2, -0.15) is 0 Å². The minimum Gasteiger partial charge on any atom is -0.371 e. The van der Waals surface area contributed by atoms with Crippen LogP contribution in [0.15, 0.2) is 0 Å². The van der Waals surface area contributed by atoms with Crippen LogP contribution in [0.4, 0.5) is 0 Å². The normalized spacial score (nSPS) is 55.2. The van der Waals surface area contributed by atoms with Gasteiger partial charge in [0.05, 0.1) is 37.6 Å². The first-order valence-corrected chi connectivity index (χ1v) is 20.8. The molecule has 0 amide bonds. The average molecular weight is 697 g/mol. The zero-order valence-electron chi connectivity index (χ0n) is 30.4. The highest BCUT2D eigenvalue weighted by atomic mass is 31.2. The van der Waals surface area contributed by atoms with E-state index < -0.39 is 7.82 Å². The third kappa shape index (κ3) is 5.39. The molecule has 6 aliphatic heterocycles.